The van der Waals surface area contributed by atoms with Crippen molar-refractivity contribution in [1.82, 2.24) is 24.5 Å². The number of aryl methyl sites for hydroxylation is 1. The van der Waals surface area contributed by atoms with Crippen molar-refractivity contribution >= 4 is 28.3 Å². The summed E-state index contributed by atoms with van der Waals surface area (Å²) in [5.41, 5.74) is 2.00. The lowest BCUT2D eigenvalue weighted by Crippen LogP contribution is -2.49. The standard InChI is InChI=1S/C22H22N6O/c1-16-13-20(28-22(25-16)23-15-24-28)26-9-11-27(12-10-26)21(29)14-18-7-4-6-17-5-2-3-8-19(17)18/h2-8,13,15H,9-12,14H2,1H3. The van der Waals surface area contributed by atoms with E-state index in [-0.39, 0.29) is 5.91 Å². The van der Waals surface area contributed by atoms with Gasteiger partial charge in [-0.05, 0) is 23.3 Å². The van der Waals surface area contributed by atoms with Crippen molar-refractivity contribution in [2.75, 3.05) is 31.1 Å². The molecule has 0 aliphatic carbocycles. The molecule has 2 aromatic carbocycles. The van der Waals surface area contributed by atoms with Crippen LogP contribution in [-0.4, -0.2) is 56.6 Å². The van der Waals surface area contributed by atoms with E-state index in [4.69, 9.17) is 0 Å². The third kappa shape index (κ3) is 3.29. The number of carbonyl (C=O) groups is 1. The van der Waals surface area contributed by atoms with E-state index in [1.165, 1.54) is 11.7 Å². The Morgan fingerprint density at radius 1 is 1.03 bits per heavy atom. The highest BCUT2D eigenvalue weighted by atomic mass is 16.2. The van der Waals surface area contributed by atoms with Gasteiger partial charge in [0.25, 0.3) is 5.78 Å². The molecule has 4 aromatic rings. The first kappa shape index (κ1) is 17.6. The molecular formula is C22H22N6O. The number of amides is 1. The Balaban J connectivity index is 1.30. The molecule has 0 radical (unpaired) electrons. The monoisotopic (exact) mass is 386 g/mol. The highest BCUT2D eigenvalue weighted by molar-refractivity contribution is 5.90. The van der Waals surface area contributed by atoms with E-state index in [1.807, 2.05) is 36.1 Å². The number of nitrogens with zero attached hydrogens (tertiary/aromatic N) is 6. The maximum Gasteiger partial charge on any atom is 0.254 e. The van der Waals surface area contributed by atoms with Gasteiger partial charge in [0.2, 0.25) is 5.91 Å². The third-order valence-electron chi connectivity index (χ3n) is 5.54. The highest BCUT2D eigenvalue weighted by Gasteiger charge is 2.23. The topological polar surface area (TPSA) is 66.6 Å². The second-order valence-electron chi connectivity index (χ2n) is 7.41. The molecule has 0 unspecified atom stereocenters. The fourth-order valence-electron chi connectivity index (χ4n) is 4.04. The van der Waals surface area contributed by atoms with E-state index < -0.39 is 0 Å². The molecule has 2 aromatic heterocycles. The van der Waals surface area contributed by atoms with E-state index >= 15 is 0 Å². The first-order chi connectivity index (χ1) is 14.2. The highest BCUT2D eigenvalue weighted by Crippen LogP contribution is 2.21. The zero-order valence-electron chi connectivity index (χ0n) is 16.3. The second-order valence-corrected chi connectivity index (χ2v) is 7.41. The van der Waals surface area contributed by atoms with Gasteiger partial charge in [0.1, 0.15) is 12.1 Å². The molecule has 0 N–H and O–H groups in total. The van der Waals surface area contributed by atoms with E-state index in [0.29, 0.717) is 25.3 Å². The Labute approximate surface area is 168 Å². The Bertz CT molecular complexity index is 1190. The minimum absolute atomic E-state index is 0.179. The van der Waals surface area contributed by atoms with Gasteiger partial charge in [0, 0.05) is 37.9 Å². The van der Waals surface area contributed by atoms with Gasteiger partial charge in [-0.25, -0.2) is 4.98 Å². The van der Waals surface area contributed by atoms with Crippen LogP contribution in [0.3, 0.4) is 0 Å². The average molecular weight is 386 g/mol. The van der Waals surface area contributed by atoms with Gasteiger partial charge < -0.3 is 9.80 Å². The molecular weight excluding hydrogens is 364 g/mol. The van der Waals surface area contributed by atoms with E-state index in [9.17, 15) is 4.79 Å². The molecule has 7 heteroatoms. The van der Waals surface area contributed by atoms with Gasteiger partial charge in [0.15, 0.2) is 0 Å². The Morgan fingerprint density at radius 2 is 1.83 bits per heavy atom. The molecule has 1 fully saturated rings. The average Bonchev–Trinajstić information content (AvgIpc) is 3.22. The molecule has 0 atom stereocenters. The van der Waals surface area contributed by atoms with Crippen molar-refractivity contribution in [1.29, 1.82) is 0 Å². The Morgan fingerprint density at radius 3 is 2.69 bits per heavy atom. The number of hydrogen-bond donors (Lipinski definition) is 0. The van der Waals surface area contributed by atoms with Gasteiger partial charge in [0.05, 0.1) is 6.42 Å². The summed E-state index contributed by atoms with van der Waals surface area (Å²) in [7, 11) is 0. The number of anilines is 1. The lowest BCUT2D eigenvalue weighted by molar-refractivity contribution is -0.130. The first-order valence-electron chi connectivity index (χ1n) is 9.86. The molecule has 3 heterocycles. The van der Waals surface area contributed by atoms with E-state index in [2.05, 4.69) is 44.2 Å². The molecule has 1 saturated heterocycles. The number of hydrogen-bond acceptors (Lipinski definition) is 5. The zero-order valence-corrected chi connectivity index (χ0v) is 16.3. The third-order valence-corrected chi connectivity index (χ3v) is 5.54. The van der Waals surface area contributed by atoms with Crippen LogP contribution in [0.1, 0.15) is 11.3 Å². The second kappa shape index (κ2) is 7.16. The molecule has 1 aliphatic heterocycles. The molecule has 0 spiro atoms. The lowest BCUT2D eigenvalue weighted by atomic mass is 10.0. The van der Waals surface area contributed by atoms with Crippen molar-refractivity contribution in [3.63, 3.8) is 0 Å². The smallest absolute Gasteiger partial charge is 0.254 e. The summed E-state index contributed by atoms with van der Waals surface area (Å²) in [6.45, 7) is 4.88. The molecule has 146 valence electrons. The van der Waals surface area contributed by atoms with Crippen LogP contribution in [0.2, 0.25) is 0 Å². The normalized spacial score (nSPS) is 14.7. The number of piperazine rings is 1. The molecule has 29 heavy (non-hydrogen) atoms. The maximum atomic E-state index is 12.9. The number of rotatable bonds is 3. The van der Waals surface area contributed by atoms with Crippen LogP contribution >= 0.6 is 0 Å². The van der Waals surface area contributed by atoms with Crippen LogP contribution < -0.4 is 4.90 Å². The van der Waals surface area contributed by atoms with Crippen LogP contribution in [-0.2, 0) is 11.2 Å². The van der Waals surface area contributed by atoms with Crippen molar-refractivity contribution in [3.05, 3.63) is 66.1 Å². The number of carbonyl (C=O) groups excluding carboxylic acids is 1. The number of benzene rings is 2. The lowest BCUT2D eigenvalue weighted by Gasteiger charge is -2.36. The fraction of sp³-hybridized carbons (Fsp3) is 0.273. The summed E-state index contributed by atoms with van der Waals surface area (Å²) >= 11 is 0. The molecule has 7 nitrogen and oxygen atoms in total. The van der Waals surface area contributed by atoms with E-state index in [1.54, 1.807) is 4.52 Å². The Hall–Kier alpha value is -3.48. The largest absolute Gasteiger partial charge is 0.353 e. The quantitative estimate of drug-likeness (QED) is 0.541. The van der Waals surface area contributed by atoms with E-state index in [0.717, 1.165) is 35.6 Å². The van der Waals surface area contributed by atoms with Gasteiger partial charge in [-0.15, -0.1) is 0 Å². The summed E-state index contributed by atoms with van der Waals surface area (Å²) in [5.74, 6) is 1.76. The summed E-state index contributed by atoms with van der Waals surface area (Å²) in [6, 6.07) is 16.4. The molecule has 1 aliphatic rings. The van der Waals surface area contributed by atoms with Crippen LogP contribution in [0.15, 0.2) is 54.9 Å². The molecule has 0 bridgehead atoms. The summed E-state index contributed by atoms with van der Waals surface area (Å²) in [5, 5.41) is 6.62. The summed E-state index contributed by atoms with van der Waals surface area (Å²) in [4.78, 5) is 25.8. The van der Waals surface area contributed by atoms with Crippen molar-refractivity contribution < 1.29 is 4.79 Å². The molecule has 5 rings (SSSR count). The van der Waals surface area contributed by atoms with Gasteiger partial charge >= 0.3 is 0 Å². The SMILES string of the molecule is Cc1cc(N2CCN(C(=O)Cc3cccc4ccccc34)CC2)n2ncnc2n1. The molecule has 1 amide bonds. The predicted molar refractivity (Wildman–Crippen MR) is 112 cm³/mol. The Kier molecular flexibility index (Phi) is 4.35. The number of aromatic nitrogens is 4. The minimum Gasteiger partial charge on any atom is -0.353 e. The van der Waals surface area contributed by atoms with Crippen LogP contribution in [0, 0.1) is 6.92 Å². The number of fused-ring (bicyclic) bond motifs is 2. The van der Waals surface area contributed by atoms with Crippen molar-refractivity contribution in [3.8, 4) is 0 Å². The zero-order chi connectivity index (χ0) is 19.8. The fourth-order valence-corrected chi connectivity index (χ4v) is 4.04. The maximum absolute atomic E-state index is 12.9. The van der Waals surface area contributed by atoms with Crippen molar-refractivity contribution in [2.24, 2.45) is 0 Å². The van der Waals surface area contributed by atoms with Crippen molar-refractivity contribution in [2.45, 2.75) is 13.3 Å². The molecule has 0 saturated carbocycles. The van der Waals surface area contributed by atoms with Crippen LogP contribution in [0.5, 0.6) is 0 Å². The van der Waals surface area contributed by atoms with Crippen LogP contribution in [0.4, 0.5) is 5.82 Å². The van der Waals surface area contributed by atoms with Gasteiger partial charge in [-0.3, -0.25) is 4.79 Å². The first-order valence-corrected chi connectivity index (χ1v) is 9.86. The summed E-state index contributed by atoms with van der Waals surface area (Å²) < 4.78 is 1.76. The van der Waals surface area contributed by atoms with Gasteiger partial charge in [-0.1, -0.05) is 42.5 Å². The summed E-state index contributed by atoms with van der Waals surface area (Å²) in [6.07, 6.45) is 1.96. The predicted octanol–water partition coefficient (Wildman–Crippen LogP) is 2.48. The van der Waals surface area contributed by atoms with Gasteiger partial charge in [-0.2, -0.15) is 14.6 Å². The van der Waals surface area contributed by atoms with Crippen LogP contribution in [0.25, 0.3) is 16.6 Å². The minimum atomic E-state index is 0.179.